The largest absolute Gasteiger partial charge is 0.490 e. The summed E-state index contributed by atoms with van der Waals surface area (Å²) < 4.78 is 55.2. The quantitative estimate of drug-likeness (QED) is 0.143. The van der Waals surface area contributed by atoms with Crippen LogP contribution in [-0.4, -0.2) is 73.5 Å². The Bertz CT molecular complexity index is 1930. The van der Waals surface area contributed by atoms with Gasteiger partial charge in [-0.05, 0) is 96.9 Å². The van der Waals surface area contributed by atoms with Crippen molar-refractivity contribution in [3.63, 3.8) is 0 Å². The smallest absolute Gasteiger partial charge is 0.475 e. The molecule has 2 amide bonds. The first-order chi connectivity index (χ1) is 25.2. The zero-order valence-corrected chi connectivity index (χ0v) is 29.9. The second-order valence-electron chi connectivity index (χ2n) is 12.7. The molecule has 5 rings (SSSR count). The van der Waals surface area contributed by atoms with Crippen LogP contribution in [0, 0.1) is 0 Å². The third kappa shape index (κ3) is 13.5. The fourth-order valence-electron chi connectivity index (χ4n) is 5.83. The van der Waals surface area contributed by atoms with Crippen molar-refractivity contribution in [2.45, 2.75) is 56.3 Å². The number of carboxylic acids is 1. The van der Waals surface area contributed by atoms with Crippen molar-refractivity contribution in [3.05, 3.63) is 125 Å². The maximum Gasteiger partial charge on any atom is 0.490 e. The van der Waals surface area contributed by atoms with Crippen LogP contribution < -0.4 is 10.5 Å². The van der Waals surface area contributed by atoms with Gasteiger partial charge < -0.3 is 20.2 Å². The molecule has 0 aliphatic carbocycles. The van der Waals surface area contributed by atoms with Gasteiger partial charge in [0, 0.05) is 38.2 Å². The number of rotatable bonds is 14. The molecule has 1 aliphatic rings. The van der Waals surface area contributed by atoms with Gasteiger partial charge in [0.2, 0.25) is 15.9 Å². The monoisotopic (exact) mass is 752 g/mol. The lowest BCUT2D eigenvalue weighted by Crippen LogP contribution is -2.33. The highest BCUT2D eigenvalue weighted by atomic mass is 32.2. The maximum atomic E-state index is 13.6. The van der Waals surface area contributed by atoms with Crippen molar-refractivity contribution in [3.8, 4) is 11.1 Å². The molecular formula is C39H43F3N4O6S. The zero-order chi connectivity index (χ0) is 38.4. The number of likely N-dealkylation sites (tertiary alicyclic amines) is 1. The topological polar surface area (TPSA) is 150 Å². The van der Waals surface area contributed by atoms with E-state index >= 15 is 0 Å². The Morgan fingerprint density at radius 2 is 1.38 bits per heavy atom. The van der Waals surface area contributed by atoms with Crippen molar-refractivity contribution in [2.24, 2.45) is 5.14 Å². The normalized spacial score (nSPS) is 13.1. The van der Waals surface area contributed by atoms with Gasteiger partial charge in [-0.3, -0.25) is 9.59 Å². The average Bonchev–Trinajstić information content (AvgIpc) is 3.65. The molecule has 53 heavy (non-hydrogen) atoms. The van der Waals surface area contributed by atoms with Crippen molar-refractivity contribution in [2.75, 3.05) is 26.2 Å². The van der Waals surface area contributed by atoms with Gasteiger partial charge in [0.05, 0.1) is 4.90 Å². The van der Waals surface area contributed by atoms with Crippen LogP contribution in [0.15, 0.2) is 108 Å². The summed E-state index contributed by atoms with van der Waals surface area (Å²) in [6.07, 6.45) is -0.719. The molecule has 4 N–H and O–H groups in total. The molecule has 4 aromatic carbocycles. The van der Waals surface area contributed by atoms with E-state index in [0.717, 1.165) is 54.7 Å². The number of hydrogen-bond acceptors (Lipinski definition) is 6. The first-order valence-corrected chi connectivity index (χ1v) is 18.7. The number of sulfonamides is 1. The van der Waals surface area contributed by atoms with E-state index in [-0.39, 0.29) is 16.7 Å². The Balaban J connectivity index is 0.000000815. The minimum Gasteiger partial charge on any atom is -0.475 e. The number of primary sulfonamides is 1. The van der Waals surface area contributed by atoms with Gasteiger partial charge in [0.25, 0.3) is 5.91 Å². The fraction of sp³-hybridized carbons (Fsp3) is 0.308. The molecule has 10 nitrogen and oxygen atoms in total. The molecule has 1 aliphatic heterocycles. The number of nitrogens with one attached hydrogen (secondary N) is 1. The summed E-state index contributed by atoms with van der Waals surface area (Å²) >= 11 is 0. The number of aliphatic carboxylic acids is 1. The van der Waals surface area contributed by atoms with Crippen molar-refractivity contribution in [1.29, 1.82) is 0 Å². The van der Waals surface area contributed by atoms with Crippen LogP contribution in [0.3, 0.4) is 0 Å². The number of nitrogens with zero attached hydrogens (tertiary/aromatic N) is 2. The van der Waals surface area contributed by atoms with E-state index in [2.05, 4.69) is 28.4 Å². The van der Waals surface area contributed by atoms with E-state index < -0.39 is 22.2 Å². The van der Waals surface area contributed by atoms with E-state index in [0.29, 0.717) is 31.6 Å². The molecule has 1 saturated heterocycles. The van der Waals surface area contributed by atoms with Gasteiger partial charge in [-0.15, -0.1) is 0 Å². The lowest BCUT2D eigenvalue weighted by Gasteiger charge is -2.24. The molecule has 1 heterocycles. The number of carboxylic acid groups (broad SMARTS) is 1. The zero-order valence-electron chi connectivity index (χ0n) is 29.1. The molecule has 0 radical (unpaired) electrons. The third-order valence-electron chi connectivity index (χ3n) is 8.59. The van der Waals surface area contributed by atoms with Gasteiger partial charge in [-0.25, -0.2) is 18.4 Å². The van der Waals surface area contributed by atoms with E-state index in [9.17, 15) is 31.2 Å². The van der Waals surface area contributed by atoms with Gasteiger partial charge in [-0.2, -0.15) is 13.2 Å². The van der Waals surface area contributed by atoms with Crippen LogP contribution in [0.25, 0.3) is 11.1 Å². The SMILES string of the molecule is NS(=O)(=O)c1ccc(CN(Cc2cccc(-c3cccc(C(=O)NCCN4CCCC4)c3)c2)C(=O)CCCc2ccccc2)cc1.O=C(O)C(F)(F)F. The van der Waals surface area contributed by atoms with E-state index in [1.807, 2.05) is 60.7 Å². The number of amides is 2. The van der Waals surface area contributed by atoms with Gasteiger partial charge in [-0.1, -0.05) is 72.8 Å². The molecule has 0 bridgehead atoms. The lowest BCUT2D eigenvalue weighted by molar-refractivity contribution is -0.192. The van der Waals surface area contributed by atoms with Crippen LogP contribution in [-0.2, 0) is 39.1 Å². The number of carbonyl (C=O) groups is 3. The van der Waals surface area contributed by atoms with E-state index in [1.54, 1.807) is 17.0 Å². The standard InChI is InChI=1S/C37H42N4O4S.C2HF3O2/c38-46(44,45)35-19-17-30(18-20-35)27-41(36(42)16-7-11-29-9-2-1-3-10-29)28-31-12-6-13-32(25-31)33-14-8-15-34(26-33)37(43)39-21-24-40-22-4-5-23-40;3-2(4,5)1(6)7/h1-3,6,8-10,12-15,17-20,25-26H,4-5,7,11,16,21-24,27-28H2,(H,39,43)(H2,38,44,45);(H,6,7). The van der Waals surface area contributed by atoms with Crippen molar-refractivity contribution < 1.29 is 41.1 Å². The highest BCUT2D eigenvalue weighted by molar-refractivity contribution is 7.89. The van der Waals surface area contributed by atoms with E-state index in [1.165, 1.54) is 30.5 Å². The number of hydrogen-bond donors (Lipinski definition) is 3. The predicted molar refractivity (Wildman–Crippen MR) is 195 cm³/mol. The molecule has 0 saturated carbocycles. The first kappa shape index (κ1) is 40.7. The minimum atomic E-state index is -5.08. The molecule has 282 valence electrons. The average molecular weight is 753 g/mol. The van der Waals surface area contributed by atoms with Gasteiger partial charge in [0.1, 0.15) is 0 Å². The van der Waals surface area contributed by atoms with Crippen LogP contribution in [0.1, 0.15) is 52.7 Å². The van der Waals surface area contributed by atoms with Crippen molar-refractivity contribution >= 4 is 27.8 Å². The van der Waals surface area contributed by atoms with Crippen LogP contribution in [0.2, 0.25) is 0 Å². The minimum absolute atomic E-state index is 0.0180. The highest BCUT2D eigenvalue weighted by Gasteiger charge is 2.38. The first-order valence-electron chi connectivity index (χ1n) is 17.1. The Hall–Kier alpha value is -5.05. The number of carbonyl (C=O) groups excluding carboxylic acids is 2. The summed E-state index contributed by atoms with van der Waals surface area (Å²) in [6, 6.07) is 32.1. The Morgan fingerprint density at radius 3 is 2.00 bits per heavy atom. The molecule has 4 aromatic rings. The summed E-state index contributed by atoms with van der Waals surface area (Å²) in [7, 11) is -3.81. The van der Waals surface area contributed by atoms with Crippen LogP contribution in [0.4, 0.5) is 13.2 Å². The molecule has 14 heteroatoms. The molecular weight excluding hydrogens is 710 g/mol. The molecule has 0 unspecified atom stereocenters. The summed E-state index contributed by atoms with van der Waals surface area (Å²) in [5.41, 5.74) is 5.45. The Morgan fingerprint density at radius 1 is 0.792 bits per heavy atom. The van der Waals surface area contributed by atoms with Crippen LogP contribution >= 0.6 is 0 Å². The summed E-state index contributed by atoms with van der Waals surface area (Å²) in [6.45, 7) is 4.40. The Kier molecular flexibility index (Phi) is 14.7. The molecule has 0 aromatic heterocycles. The lowest BCUT2D eigenvalue weighted by atomic mass is 10.0. The van der Waals surface area contributed by atoms with Gasteiger partial charge >= 0.3 is 12.1 Å². The summed E-state index contributed by atoms with van der Waals surface area (Å²) in [5.74, 6) is -2.82. The number of halogens is 3. The third-order valence-corrected chi connectivity index (χ3v) is 9.52. The summed E-state index contributed by atoms with van der Waals surface area (Å²) in [4.78, 5) is 39.6. The predicted octanol–water partition coefficient (Wildman–Crippen LogP) is 6.01. The molecule has 0 spiro atoms. The highest BCUT2D eigenvalue weighted by Crippen LogP contribution is 2.24. The molecule has 0 atom stereocenters. The van der Waals surface area contributed by atoms with Crippen LogP contribution in [0.5, 0.6) is 0 Å². The van der Waals surface area contributed by atoms with E-state index in [4.69, 9.17) is 15.0 Å². The number of alkyl halides is 3. The van der Waals surface area contributed by atoms with Gasteiger partial charge in [0.15, 0.2) is 0 Å². The number of aryl methyl sites for hydroxylation is 1. The number of nitrogens with two attached hydrogens (primary N) is 1. The number of benzene rings is 4. The molecule has 1 fully saturated rings. The fourth-order valence-corrected chi connectivity index (χ4v) is 6.34. The second-order valence-corrected chi connectivity index (χ2v) is 14.2. The summed E-state index contributed by atoms with van der Waals surface area (Å²) in [5, 5.41) is 15.5. The Labute approximate surface area is 307 Å². The second kappa shape index (κ2) is 19.1. The maximum absolute atomic E-state index is 13.6. The van der Waals surface area contributed by atoms with Crippen molar-refractivity contribution in [1.82, 2.24) is 15.1 Å².